The molecular weight excluding hydrogens is 372 g/mol. The number of carbonyl (C=O) groups is 1. The minimum absolute atomic E-state index is 0.0301. The maximum absolute atomic E-state index is 12.8. The maximum atomic E-state index is 12.8. The van der Waals surface area contributed by atoms with E-state index in [-0.39, 0.29) is 11.9 Å². The summed E-state index contributed by atoms with van der Waals surface area (Å²) >= 11 is 1.36. The first-order valence-electron chi connectivity index (χ1n) is 8.97. The first-order valence-corrected chi connectivity index (χ1v) is 9.78. The van der Waals surface area contributed by atoms with E-state index in [9.17, 15) is 4.79 Å². The van der Waals surface area contributed by atoms with Crippen LogP contribution in [0.4, 0.5) is 0 Å². The Balaban J connectivity index is 1.74. The molecule has 0 saturated carbocycles. The molecule has 1 unspecified atom stereocenters. The lowest BCUT2D eigenvalue weighted by Gasteiger charge is -2.25. The Morgan fingerprint density at radius 2 is 2.07 bits per heavy atom. The highest BCUT2D eigenvalue weighted by molar-refractivity contribution is 7.17. The Bertz CT molecular complexity index is 941. The summed E-state index contributed by atoms with van der Waals surface area (Å²) in [6.45, 7) is 2.33. The van der Waals surface area contributed by atoms with E-state index in [1.165, 1.54) is 11.3 Å². The zero-order valence-electron chi connectivity index (χ0n) is 16.5. The van der Waals surface area contributed by atoms with Crippen molar-refractivity contribution in [2.75, 3.05) is 27.7 Å². The highest BCUT2D eigenvalue weighted by Gasteiger charge is 2.20. The average molecular weight is 397 g/mol. The van der Waals surface area contributed by atoms with E-state index in [1.54, 1.807) is 13.3 Å². The summed E-state index contributed by atoms with van der Waals surface area (Å²) in [6.07, 6.45) is 1.72. The summed E-state index contributed by atoms with van der Waals surface area (Å²) in [5, 5.41) is 3.80. The number of nitrogens with zero attached hydrogens (tertiary/aromatic N) is 3. The van der Waals surface area contributed by atoms with E-state index < -0.39 is 0 Å². The van der Waals surface area contributed by atoms with Crippen LogP contribution in [0.3, 0.4) is 0 Å². The zero-order valence-corrected chi connectivity index (χ0v) is 17.3. The predicted octanol–water partition coefficient (Wildman–Crippen LogP) is 3.55. The van der Waals surface area contributed by atoms with Crippen LogP contribution < -0.4 is 10.1 Å². The van der Waals surface area contributed by atoms with Crippen LogP contribution in [0.15, 0.2) is 48.7 Å². The van der Waals surface area contributed by atoms with Crippen molar-refractivity contribution in [1.29, 1.82) is 0 Å². The predicted molar refractivity (Wildman–Crippen MR) is 112 cm³/mol. The largest absolute Gasteiger partial charge is 0.497 e. The third kappa shape index (κ3) is 4.55. The number of aromatic nitrogens is 2. The summed E-state index contributed by atoms with van der Waals surface area (Å²) in [7, 11) is 5.64. The summed E-state index contributed by atoms with van der Waals surface area (Å²) < 4.78 is 5.32. The smallest absolute Gasteiger partial charge is 0.263 e. The number of thiazole rings is 1. The van der Waals surface area contributed by atoms with Gasteiger partial charge in [-0.1, -0.05) is 18.2 Å². The third-order valence-electron chi connectivity index (χ3n) is 4.44. The molecule has 146 valence electrons. The lowest BCUT2D eigenvalue weighted by molar-refractivity contribution is 0.0945. The number of likely N-dealkylation sites (N-methyl/N-ethyl adjacent to an activating group) is 1. The fourth-order valence-corrected chi connectivity index (χ4v) is 3.88. The lowest BCUT2D eigenvalue weighted by Crippen LogP contribution is -2.34. The molecule has 0 spiro atoms. The molecule has 0 saturated heterocycles. The molecule has 2 aromatic heterocycles. The molecule has 6 nitrogen and oxygen atoms in total. The average Bonchev–Trinajstić information content (AvgIpc) is 3.10. The van der Waals surface area contributed by atoms with E-state index >= 15 is 0 Å². The van der Waals surface area contributed by atoms with Crippen LogP contribution in [-0.4, -0.2) is 48.5 Å². The molecule has 3 aromatic rings. The number of benzene rings is 1. The molecule has 0 aliphatic heterocycles. The summed E-state index contributed by atoms with van der Waals surface area (Å²) in [6, 6.07) is 13.6. The van der Waals surface area contributed by atoms with Gasteiger partial charge in [0.2, 0.25) is 0 Å². The molecule has 0 aliphatic rings. The second-order valence-electron chi connectivity index (χ2n) is 6.61. The molecule has 1 amide bonds. The van der Waals surface area contributed by atoms with Gasteiger partial charge in [0.05, 0.1) is 24.5 Å². The topological polar surface area (TPSA) is 67.3 Å². The van der Waals surface area contributed by atoms with Crippen molar-refractivity contribution in [3.8, 4) is 16.5 Å². The standard InChI is InChI=1S/C21H24N4O2S/c1-14-19(28-21(24-14)17-10-5-6-11-22-17)20(26)23-13-18(25(2)3)15-8-7-9-16(12-15)27-4/h5-12,18H,13H2,1-4H3,(H,23,26). The zero-order chi connectivity index (χ0) is 20.1. The van der Waals surface area contributed by atoms with Crippen LogP contribution in [0.2, 0.25) is 0 Å². The van der Waals surface area contributed by atoms with Crippen molar-refractivity contribution in [2.24, 2.45) is 0 Å². The second kappa shape index (κ2) is 8.95. The van der Waals surface area contributed by atoms with Crippen molar-refractivity contribution in [2.45, 2.75) is 13.0 Å². The van der Waals surface area contributed by atoms with Gasteiger partial charge in [0.1, 0.15) is 15.6 Å². The quantitative estimate of drug-likeness (QED) is 0.661. The molecule has 2 heterocycles. The Morgan fingerprint density at radius 1 is 1.25 bits per heavy atom. The monoisotopic (exact) mass is 396 g/mol. The molecular formula is C21H24N4O2S. The van der Waals surface area contributed by atoms with Crippen molar-refractivity contribution >= 4 is 17.2 Å². The van der Waals surface area contributed by atoms with Gasteiger partial charge in [-0.25, -0.2) is 4.98 Å². The van der Waals surface area contributed by atoms with Gasteiger partial charge in [-0.05, 0) is 50.8 Å². The van der Waals surface area contributed by atoms with E-state index in [2.05, 4.69) is 20.2 Å². The lowest BCUT2D eigenvalue weighted by atomic mass is 10.1. The molecule has 0 fully saturated rings. The van der Waals surface area contributed by atoms with Gasteiger partial charge in [-0.2, -0.15) is 0 Å². The first-order chi connectivity index (χ1) is 13.5. The van der Waals surface area contributed by atoms with Crippen molar-refractivity contribution in [1.82, 2.24) is 20.2 Å². The Morgan fingerprint density at radius 3 is 2.75 bits per heavy atom. The van der Waals surface area contributed by atoms with Gasteiger partial charge in [-0.3, -0.25) is 9.78 Å². The molecule has 0 bridgehead atoms. The highest BCUT2D eigenvalue weighted by atomic mass is 32.1. The van der Waals surface area contributed by atoms with Crippen LogP contribution in [0.5, 0.6) is 5.75 Å². The Hall–Kier alpha value is -2.77. The summed E-state index contributed by atoms with van der Waals surface area (Å²) in [5.41, 5.74) is 2.57. The molecule has 1 atom stereocenters. The van der Waals surface area contributed by atoms with E-state index in [0.29, 0.717) is 17.1 Å². The molecule has 0 radical (unpaired) electrons. The normalized spacial score (nSPS) is 12.0. The summed E-state index contributed by atoms with van der Waals surface area (Å²) in [4.78, 5) is 24.3. The van der Waals surface area contributed by atoms with Crippen LogP contribution in [0.25, 0.3) is 10.7 Å². The van der Waals surface area contributed by atoms with Crippen molar-refractivity contribution < 1.29 is 9.53 Å². The fourth-order valence-electron chi connectivity index (χ4n) is 2.92. The van der Waals surface area contributed by atoms with Crippen molar-refractivity contribution in [3.05, 3.63) is 64.8 Å². The number of hydrogen-bond donors (Lipinski definition) is 1. The minimum atomic E-state index is -0.119. The number of hydrogen-bond acceptors (Lipinski definition) is 6. The summed E-state index contributed by atoms with van der Waals surface area (Å²) in [5.74, 6) is 0.681. The molecule has 28 heavy (non-hydrogen) atoms. The van der Waals surface area contributed by atoms with Gasteiger partial charge >= 0.3 is 0 Å². The number of methoxy groups -OCH3 is 1. The minimum Gasteiger partial charge on any atom is -0.497 e. The number of nitrogens with one attached hydrogen (secondary N) is 1. The van der Waals surface area contributed by atoms with Gasteiger partial charge < -0.3 is 15.0 Å². The van der Waals surface area contributed by atoms with Gasteiger partial charge in [-0.15, -0.1) is 11.3 Å². The number of pyridine rings is 1. The number of rotatable bonds is 7. The third-order valence-corrected chi connectivity index (χ3v) is 5.62. The number of ether oxygens (including phenoxy) is 1. The van der Waals surface area contributed by atoms with Crippen LogP contribution >= 0.6 is 11.3 Å². The number of amides is 1. The molecule has 1 aromatic carbocycles. The fraction of sp³-hybridized carbons (Fsp3) is 0.286. The van der Waals surface area contributed by atoms with Gasteiger partial charge in [0.25, 0.3) is 5.91 Å². The SMILES string of the molecule is COc1cccc(C(CNC(=O)c2sc(-c3ccccn3)nc2C)N(C)C)c1. The first kappa shape index (κ1) is 20.0. The number of aryl methyl sites for hydroxylation is 1. The van der Waals surface area contributed by atoms with E-state index in [1.807, 2.05) is 63.5 Å². The Labute approximate surface area is 169 Å². The number of carbonyl (C=O) groups excluding carboxylic acids is 1. The second-order valence-corrected chi connectivity index (χ2v) is 7.61. The maximum Gasteiger partial charge on any atom is 0.263 e. The van der Waals surface area contributed by atoms with Crippen LogP contribution in [-0.2, 0) is 0 Å². The van der Waals surface area contributed by atoms with Crippen molar-refractivity contribution in [3.63, 3.8) is 0 Å². The van der Waals surface area contributed by atoms with Gasteiger partial charge in [0.15, 0.2) is 0 Å². The molecule has 1 N–H and O–H groups in total. The van der Waals surface area contributed by atoms with Crippen LogP contribution in [0.1, 0.15) is 27.0 Å². The molecule has 7 heteroatoms. The highest BCUT2D eigenvalue weighted by Crippen LogP contribution is 2.27. The van der Waals surface area contributed by atoms with E-state index in [0.717, 1.165) is 22.0 Å². The van der Waals surface area contributed by atoms with E-state index in [4.69, 9.17) is 4.74 Å². The molecule has 3 rings (SSSR count). The molecule has 0 aliphatic carbocycles. The Kier molecular flexibility index (Phi) is 6.38. The van der Waals surface area contributed by atoms with Gasteiger partial charge in [0, 0.05) is 12.7 Å². The van der Waals surface area contributed by atoms with Crippen LogP contribution in [0, 0.1) is 6.92 Å².